The molecule has 0 radical (unpaired) electrons. The summed E-state index contributed by atoms with van der Waals surface area (Å²) in [6, 6.07) is 0.741. The van der Waals surface area contributed by atoms with Crippen LogP contribution in [0.3, 0.4) is 0 Å². The van der Waals surface area contributed by atoms with Gasteiger partial charge >= 0.3 is 0 Å². The fraction of sp³-hybridized carbons (Fsp3) is 0.800. The van der Waals surface area contributed by atoms with Crippen molar-refractivity contribution in [2.75, 3.05) is 31.1 Å². The van der Waals surface area contributed by atoms with Crippen molar-refractivity contribution in [3.05, 3.63) is 10.6 Å². The smallest absolute Gasteiger partial charge is 0.185 e. The molecule has 2 N–H and O–H groups in total. The van der Waals surface area contributed by atoms with Crippen LogP contribution < -0.4 is 10.6 Å². The number of rotatable bonds is 4. The van der Waals surface area contributed by atoms with E-state index >= 15 is 0 Å². The van der Waals surface area contributed by atoms with Crippen molar-refractivity contribution in [2.24, 2.45) is 5.73 Å². The van der Waals surface area contributed by atoms with Crippen LogP contribution in [0.5, 0.6) is 0 Å². The van der Waals surface area contributed by atoms with E-state index in [-0.39, 0.29) is 0 Å². The summed E-state index contributed by atoms with van der Waals surface area (Å²) in [6.45, 7) is 9.91. The number of nitrogens with two attached hydrogens (primary N) is 1. The van der Waals surface area contributed by atoms with Gasteiger partial charge in [-0.05, 0) is 38.3 Å². The summed E-state index contributed by atoms with van der Waals surface area (Å²) in [4.78, 5) is 11.3. The molecule has 1 aromatic heterocycles. The number of aromatic nitrogens is 1. The first-order valence-electron chi connectivity index (χ1n) is 7.87. The molecule has 3 heterocycles. The topological polar surface area (TPSA) is 45.4 Å². The highest BCUT2D eigenvalue weighted by Crippen LogP contribution is 2.33. The molecule has 0 saturated carbocycles. The normalized spacial score (nSPS) is 24.2. The largest absolute Gasteiger partial charge is 0.346 e. The van der Waals surface area contributed by atoms with Crippen LogP contribution in [0.1, 0.15) is 49.6 Å². The van der Waals surface area contributed by atoms with Crippen molar-refractivity contribution in [1.29, 1.82) is 0 Å². The molecule has 1 unspecified atom stereocenters. The Morgan fingerprint density at radius 2 is 2.05 bits per heavy atom. The fourth-order valence-electron chi connectivity index (χ4n) is 3.40. The van der Waals surface area contributed by atoms with Crippen molar-refractivity contribution in [3.8, 4) is 0 Å². The third-order valence-electron chi connectivity index (χ3n) is 4.54. The van der Waals surface area contributed by atoms with Crippen LogP contribution in [0.15, 0.2) is 0 Å². The maximum Gasteiger partial charge on any atom is 0.185 e. The highest BCUT2D eigenvalue weighted by molar-refractivity contribution is 7.15. The minimum atomic E-state index is 0.468. The van der Waals surface area contributed by atoms with E-state index in [1.54, 1.807) is 11.3 Å². The first-order valence-corrected chi connectivity index (χ1v) is 8.69. The van der Waals surface area contributed by atoms with Crippen molar-refractivity contribution >= 4 is 16.5 Å². The number of nitrogens with zero attached hydrogens (tertiary/aromatic N) is 3. The SMILES string of the molecule is CC(C)c1nc(N2CCC(N3CCCC3)C2)sc1CN. The van der Waals surface area contributed by atoms with Crippen molar-refractivity contribution in [2.45, 2.75) is 51.6 Å². The number of thiazole rings is 1. The van der Waals surface area contributed by atoms with Crippen LogP contribution in [-0.4, -0.2) is 42.1 Å². The Labute approximate surface area is 126 Å². The number of likely N-dealkylation sites (tertiary alicyclic amines) is 1. The van der Waals surface area contributed by atoms with Gasteiger partial charge in [-0.1, -0.05) is 13.8 Å². The standard InChI is InChI=1S/C15H26N4S/c1-11(2)14-13(9-16)20-15(17-14)19-8-5-12(10-19)18-6-3-4-7-18/h11-12H,3-10,16H2,1-2H3. The Balaban J connectivity index is 1.70. The Bertz CT molecular complexity index is 451. The molecule has 0 aliphatic carbocycles. The maximum atomic E-state index is 5.87. The van der Waals surface area contributed by atoms with E-state index in [9.17, 15) is 0 Å². The Morgan fingerprint density at radius 3 is 2.65 bits per heavy atom. The molecule has 0 spiro atoms. The van der Waals surface area contributed by atoms with Crippen LogP contribution in [0.2, 0.25) is 0 Å². The predicted molar refractivity (Wildman–Crippen MR) is 85.5 cm³/mol. The van der Waals surface area contributed by atoms with E-state index in [2.05, 4.69) is 23.6 Å². The fourth-order valence-corrected chi connectivity index (χ4v) is 4.53. The first-order chi connectivity index (χ1) is 9.69. The minimum absolute atomic E-state index is 0.468. The molecule has 1 aromatic rings. The van der Waals surface area contributed by atoms with Gasteiger partial charge in [0.25, 0.3) is 0 Å². The van der Waals surface area contributed by atoms with Gasteiger partial charge in [-0.15, -0.1) is 11.3 Å². The van der Waals surface area contributed by atoms with E-state index < -0.39 is 0 Å². The molecule has 2 aliphatic heterocycles. The van der Waals surface area contributed by atoms with Crippen LogP contribution in [0, 0.1) is 0 Å². The summed E-state index contributed by atoms with van der Waals surface area (Å²) in [5.74, 6) is 0.468. The molecule has 5 heteroatoms. The lowest BCUT2D eigenvalue weighted by atomic mass is 10.1. The predicted octanol–water partition coefficient (Wildman–Crippen LogP) is 2.40. The van der Waals surface area contributed by atoms with Gasteiger partial charge in [0.05, 0.1) is 5.69 Å². The lowest BCUT2D eigenvalue weighted by Gasteiger charge is -2.23. The van der Waals surface area contributed by atoms with Crippen LogP contribution in [0.25, 0.3) is 0 Å². The minimum Gasteiger partial charge on any atom is -0.346 e. The van der Waals surface area contributed by atoms with Gasteiger partial charge in [0.1, 0.15) is 0 Å². The van der Waals surface area contributed by atoms with E-state index in [4.69, 9.17) is 10.7 Å². The summed E-state index contributed by atoms with van der Waals surface area (Å²) >= 11 is 1.80. The molecule has 2 fully saturated rings. The Kier molecular flexibility index (Phi) is 4.29. The molecule has 4 nitrogen and oxygen atoms in total. The molecule has 2 saturated heterocycles. The van der Waals surface area contributed by atoms with Gasteiger partial charge in [0.15, 0.2) is 5.13 Å². The Morgan fingerprint density at radius 1 is 1.30 bits per heavy atom. The molecular weight excluding hydrogens is 268 g/mol. The van der Waals surface area contributed by atoms with Gasteiger partial charge in [0, 0.05) is 30.6 Å². The van der Waals surface area contributed by atoms with E-state index in [0.29, 0.717) is 12.5 Å². The van der Waals surface area contributed by atoms with Crippen molar-refractivity contribution in [1.82, 2.24) is 9.88 Å². The van der Waals surface area contributed by atoms with Crippen molar-refractivity contribution in [3.63, 3.8) is 0 Å². The zero-order valence-electron chi connectivity index (χ0n) is 12.6. The van der Waals surface area contributed by atoms with Crippen LogP contribution >= 0.6 is 11.3 Å². The summed E-state index contributed by atoms with van der Waals surface area (Å²) in [7, 11) is 0. The van der Waals surface area contributed by atoms with Crippen molar-refractivity contribution < 1.29 is 0 Å². The third kappa shape index (κ3) is 2.71. The quantitative estimate of drug-likeness (QED) is 0.926. The molecule has 20 heavy (non-hydrogen) atoms. The summed E-state index contributed by atoms with van der Waals surface area (Å²) in [6.07, 6.45) is 4.04. The van der Waals surface area contributed by atoms with Gasteiger partial charge in [0.2, 0.25) is 0 Å². The maximum absolute atomic E-state index is 5.87. The monoisotopic (exact) mass is 294 g/mol. The highest BCUT2D eigenvalue weighted by Gasteiger charge is 2.31. The first kappa shape index (κ1) is 14.3. The molecule has 3 rings (SSSR count). The molecule has 0 aromatic carbocycles. The molecule has 1 atom stereocenters. The third-order valence-corrected chi connectivity index (χ3v) is 5.69. The summed E-state index contributed by atoms with van der Waals surface area (Å²) in [5.41, 5.74) is 7.08. The van der Waals surface area contributed by atoms with Gasteiger partial charge in [-0.3, -0.25) is 4.90 Å². The average molecular weight is 294 g/mol. The second kappa shape index (κ2) is 6.00. The molecule has 0 bridgehead atoms. The van der Waals surface area contributed by atoms with E-state index in [1.165, 1.54) is 48.1 Å². The number of hydrogen-bond donors (Lipinski definition) is 1. The average Bonchev–Trinajstić information content (AvgIpc) is 3.16. The summed E-state index contributed by atoms with van der Waals surface area (Å²) < 4.78 is 0. The highest BCUT2D eigenvalue weighted by atomic mass is 32.1. The van der Waals surface area contributed by atoms with Gasteiger partial charge < -0.3 is 10.6 Å². The van der Waals surface area contributed by atoms with Crippen LogP contribution in [-0.2, 0) is 6.54 Å². The lowest BCUT2D eigenvalue weighted by Crippen LogP contribution is -2.35. The zero-order chi connectivity index (χ0) is 14.1. The zero-order valence-corrected chi connectivity index (χ0v) is 13.5. The number of hydrogen-bond acceptors (Lipinski definition) is 5. The van der Waals surface area contributed by atoms with Gasteiger partial charge in [-0.2, -0.15) is 0 Å². The van der Waals surface area contributed by atoms with E-state index in [0.717, 1.165) is 19.1 Å². The lowest BCUT2D eigenvalue weighted by molar-refractivity contribution is 0.260. The second-order valence-electron chi connectivity index (χ2n) is 6.30. The molecule has 112 valence electrons. The summed E-state index contributed by atoms with van der Waals surface area (Å²) in [5, 5.41) is 1.19. The number of anilines is 1. The van der Waals surface area contributed by atoms with Crippen LogP contribution in [0.4, 0.5) is 5.13 Å². The molecule has 0 amide bonds. The van der Waals surface area contributed by atoms with Gasteiger partial charge in [-0.25, -0.2) is 4.98 Å². The van der Waals surface area contributed by atoms with E-state index in [1.807, 2.05) is 0 Å². The molecular formula is C15H26N4S. The molecule has 2 aliphatic rings. The second-order valence-corrected chi connectivity index (χ2v) is 7.36. The Hall–Kier alpha value is -0.650.